The zero-order valence-corrected chi connectivity index (χ0v) is 6.57. The Morgan fingerprint density at radius 2 is 1.50 bits per heavy atom. The first-order valence-corrected chi connectivity index (χ1v) is 3.03. The van der Waals surface area contributed by atoms with E-state index in [0.717, 1.165) is 0 Å². The number of carbonyl (C=O) groups excluding carboxylic acids is 1. The van der Waals surface area contributed by atoms with E-state index in [1.807, 2.05) is 0 Å². The van der Waals surface area contributed by atoms with Crippen molar-refractivity contribution in [2.24, 2.45) is 0 Å². The number of aliphatic carboxylic acids is 2. The standard InChI is InChI=1S/C6H10O6/c1-5(11,3(7)8)6(2,12)4(9)10/h11-12H,1-2H3,(H,7,8)(H,9,10)/p-1/t5-,6+. The summed E-state index contributed by atoms with van der Waals surface area (Å²) in [6, 6.07) is 0. The van der Waals surface area contributed by atoms with Crippen molar-refractivity contribution in [3.8, 4) is 0 Å². The zero-order valence-electron chi connectivity index (χ0n) is 6.57. The number of aliphatic hydroxyl groups is 2. The van der Waals surface area contributed by atoms with Crippen LogP contribution in [0.1, 0.15) is 13.8 Å². The molecule has 0 aliphatic heterocycles. The Balaban J connectivity index is 5.01. The molecule has 6 heteroatoms. The largest absolute Gasteiger partial charge is 0.547 e. The minimum Gasteiger partial charge on any atom is -0.547 e. The van der Waals surface area contributed by atoms with E-state index in [-0.39, 0.29) is 0 Å². The maximum Gasteiger partial charge on any atom is 0.338 e. The fourth-order valence-electron chi connectivity index (χ4n) is 0.407. The number of carboxylic acids is 2. The van der Waals surface area contributed by atoms with Crippen LogP contribution in [0.5, 0.6) is 0 Å². The van der Waals surface area contributed by atoms with Crippen molar-refractivity contribution in [1.29, 1.82) is 0 Å². The Labute approximate surface area is 68.1 Å². The summed E-state index contributed by atoms with van der Waals surface area (Å²) in [6.07, 6.45) is 0. The second-order valence-electron chi connectivity index (χ2n) is 2.74. The van der Waals surface area contributed by atoms with Gasteiger partial charge in [-0.05, 0) is 13.8 Å². The average Bonchev–Trinajstić information content (AvgIpc) is 1.86. The fourth-order valence-corrected chi connectivity index (χ4v) is 0.407. The topological polar surface area (TPSA) is 118 Å². The van der Waals surface area contributed by atoms with E-state index in [2.05, 4.69) is 0 Å². The van der Waals surface area contributed by atoms with Gasteiger partial charge in [0, 0.05) is 0 Å². The molecule has 0 aromatic heterocycles. The van der Waals surface area contributed by atoms with E-state index in [4.69, 9.17) is 15.3 Å². The molecule has 0 heterocycles. The maximum atomic E-state index is 10.3. The summed E-state index contributed by atoms with van der Waals surface area (Å²) in [7, 11) is 0. The van der Waals surface area contributed by atoms with Crippen molar-refractivity contribution >= 4 is 11.9 Å². The van der Waals surface area contributed by atoms with Gasteiger partial charge >= 0.3 is 5.97 Å². The molecule has 2 atom stereocenters. The lowest BCUT2D eigenvalue weighted by Crippen LogP contribution is -2.64. The highest BCUT2D eigenvalue weighted by molar-refractivity contribution is 5.88. The van der Waals surface area contributed by atoms with Crippen molar-refractivity contribution in [2.45, 2.75) is 25.0 Å². The van der Waals surface area contributed by atoms with Gasteiger partial charge in [-0.3, -0.25) is 0 Å². The fraction of sp³-hybridized carbons (Fsp3) is 0.667. The predicted octanol–water partition coefficient (Wildman–Crippen LogP) is -2.68. The summed E-state index contributed by atoms with van der Waals surface area (Å²) in [5.74, 6) is -3.88. The molecule has 0 bridgehead atoms. The lowest BCUT2D eigenvalue weighted by Gasteiger charge is -2.35. The number of rotatable bonds is 3. The van der Waals surface area contributed by atoms with Gasteiger partial charge < -0.3 is 25.2 Å². The second kappa shape index (κ2) is 2.72. The van der Waals surface area contributed by atoms with E-state index in [1.54, 1.807) is 0 Å². The molecule has 0 aromatic carbocycles. The summed E-state index contributed by atoms with van der Waals surface area (Å²) in [5, 5.41) is 36.5. The van der Waals surface area contributed by atoms with Gasteiger partial charge in [0.2, 0.25) is 0 Å². The lowest BCUT2D eigenvalue weighted by atomic mass is 9.86. The molecule has 0 aromatic rings. The van der Waals surface area contributed by atoms with Crippen molar-refractivity contribution in [3.05, 3.63) is 0 Å². The van der Waals surface area contributed by atoms with Crippen LogP contribution in [0, 0.1) is 0 Å². The highest BCUT2D eigenvalue weighted by Crippen LogP contribution is 2.21. The number of hydrogen-bond donors (Lipinski definition) is 3. The zero-order chi connectivity index (χ0) is 10.2. The minimum absolute atomic E-state index is 0.649. The van der Waals surface area contributed by atoms with Crippen LogP contribution < -0.4 is 5.11 Å². The third kappa shape index (κ3) is 1.39. The highest BCUT2D eigenvalue weighted by Gasteiger charge is 2.49. The van der Waals surface area contributed by atoms with Crippen LogP contribution in [0.3, 0.4) is 0 Å². The van der Waals surface area contributed by atoms with Gasteiger partial charge in [-0.1, -0.05) is 0 Å². The lowest BCUT2D eigenvalue weighted by molar-refractivity contribution is -0.333. The van der Waals surface area contributed by atoms with E-state index in [0.29, 0.717) is 13.8 Å². The number of hydrogen-bond acceptors (Lipinski definition) is 5. The quantitative estimate of drug-likeness (QED) is 0.432. The molecule has 0 saturated carbocycles. The smallest absolute Gasteiger partial charge is 0.338 e. The molecule has 0 amide bonds. The average molecular weight is 177 g/mol. The van der Waals surface area contributed by atoms with Crippen molar-refractivity contribution in [1.82, 2.24) is 0 Å². The summed E-state index contributed by atoms with van der Waals surface area (Å²) in [6.45, 7) is 1.32. The predicted molar refractivity (Wildman–Crippen MR) is 33.9 cm³/mol. The van der Waals surface area contributed by atoms with Crippen LogP contribution in [0.4, 0.5) is 0 Å². The summed E-state index contributed by atoms with van der Waals surface area (Å²) >= 11 is 0. The van der Waals surface area contributed by atoms with Crippen LogP contribution >= 0.6 is 0 Å². The van der Waals surface area contributed by atoms with Gasteiger partial charge in [0.15, 0.2) is 5.60 Å². The van der Waals surface area contributed by atoms with Crippen LogP contribution in [-0.4, -0.2) is 38.5 Å². The molecule has 0 radical (unpaired) electrons. The highest BCUT2D eigenvalue weighted by atomic mass is 16.4. The van der Waals surface area contributed by atoms with Crippen LogP contribution in [-0.2, 0) is 9.59 Å². The monoisotopic (exact) mass is 177 g/mol. The van der Waals surface area contributed by atoms with Gasteiger partial charge in [0.1, 0.15) is 5.60 Å². The molecule has 0 spiro atoms. The molecule has 0 unspecified atom stereocenters. The summed E-state index contributed by atoms with van der Waals surface area (Å²) in [4.78, 5) is 20.5. The molecule has 3 N–H and O–H groups in total. The second-order valence-corrected chi connectivity index (χ2v) is 2.74. The number of carboxylic acid groups (broad SMARTS) is 2. The molecule has 0 saturated heterocycles. The Morgan fingerprint density at radius 1 is 1.17 bits per heavy atom. The van der Waals surface area contributed by atoms with E-state index < -0.39 is 23.1 Å². The first-order chi connectivity index (χ1) is 5.14. The minimum atomic E-state index is -2.82. The third-order valence-corrected chi connectivity index (χ3v) is 1.76. The number of carbonyl (C=O) groups is 2. The molecular formula is C6H9O6-. The van der Waals surface area contributed by atoms with Gasteiger partial charge in [0.05, 0.1) is 5.97 Å². The van der Waals surface area contributed by atoms with Gasteiger partial charge in [-0.15, -0.1) is 0 Å². The van der Waals surface area contributed by atoms with Crippen LogP contribution in [0.25, 0.3) is 0 Å². The molecule has 0 fully saturated rings. The van der Waals surface area contributed by atoms with Crippen molar-refractivity contribution in [3.63, 3.8) is 0 Å². The van der Waals surface area contributed by atoms with Gasteiger partial charge in [-0.2, -0.15) is 0 Å². The summed E-state index contributed by atoms with van der Waals surface area (Å²) < 4.78 is 0. The van der Waals surface area contributed by atoms with Gasteiger partial charge in [0.25, 0.3) is 0 Å². The molecule has 12 heavy (non-hydrogen) atoms. The van der Waals surface area contributed by atoms with Crippen LogP contribution in [0.2, 0.25) is 0 Å². The first-order valence-electron chi connectivity index (χ1n) is 3.03. The Hall–Kier alpha value is -1.14. The molecule has 0 aliphatic rings. The summed E-state index contributed by atoms with van der Waals surface area (Å²) in [5.41, 5.74) is -5.59. The van der Waals surface area contributed by atoms with Crippen molar-refractivity contribution < 1.29 is 30.0 Å². The van der Waals surface area contributed by atoms with E-state index >= 15 is 0 Å². The maximum absolute atomic E-state index is 10.3. The first kappa shape index (κ1) is 10.9. The third-order valence-electron chi connectivity index (χ3n) is 1.76. The van der Waals surface area contributed by atoms with Crippen molar-refractivity contribution in [2.75, 3.05) is 0 Å². The van der Waals surface area contributed by atoms with E-state index in [1.165, 1.54) is 0 Å². The van der Waals surface area contributed by atoms with Crippen LogP contribution in [0.15, 0.2) is 0 Å². The normalized spacial score (nSPS) is 20.7. The molecular weight excluding hydrogens is 168 g/mol. The Bertz CT molecular complexity index is 192. The molecule has 0 aliphatic carbocycles. The van der Waals surface area contributed by atoms with E-state index in [9.17, 15) is 14.7 Å². The Morgan fingerprint density at radius 3 is 1.58 bits per heavy atom. The SMILES string of the molecule is C[C@](O)(C(=O)[O-])[C@](C)(O)C(=O)O. The molecule has 6 nitrogen and oxygen atoms in total. The Kier molecular flexibility index (Phi) is 2.46. The van der Waals surface area contributed by atoms with Gasteiger partial charge in [-0.25, -0.2) is 4.79 Å². The molecule has 70 valence electrons. The molecule has 0 rings (SSSR count).